The fourth-order valence-electron chi connectivity index (χ4n) is 2.71. The SMILES string of the molecule is Cc1ccc(CN(C(=O)COc2ccc(I)cc2)[C@@H](C)C(=O)NC(C)(C)C)cc1. The summed E-state index contributed by atoms with van der Waals surface area (Å²) in [6.45, 7) is 9.74. The Bertz CT molecular complexity index is 827. The molecule has 0 aliphatic rings. The van der Waals surface area contributed by atoms with E-state index < -0.39 is 6.04 Å². The summed E-state index contributed by atoms with van der Waals surface area (Å²) in [7, 11) is 0. The van der Waals surface area contributed by atoms with Gasteiger partial charge >= 0.3 is 0 Å². The molecule has 0 aliphatic carbocycles. The average molecular weight is 508 g/mol. The van der Waals surface area contributed by atoms with E-state index in [0.29, 0.717) is 12.3 Å². The van der Waals surface area contributed by atoms with Gasteiger partial charge in [0.05, 0.1) is 0 Å². The summed E-state index contributed by atoms with van der Waals surface area (Å²) in [5, 5.41) is 2.95. The van der Waals surface area contributed by atoms with Crippen molar-refractivity contribution >= 4 is 34.4 Å². The topological polar surface area (TPSA) is 58.6 Å². The molecular weight excluding hydrogens is 479 g/mol. The maximum atomic E-state index is 13.0. The lowest BCUT2D eigenvalue weighted by Gasteiger charge is -2.31. The maximum absolute atomic E-state index is 13.0. The molecule has 0 saturated carbocycles. The van der Waals surface area contributed by atoms with Gasteiger partial charge in [-0.25, -0.2) is 0 Å². The highest BCUT2D eigenvalue weighted by atomic mass is 127. The third-order valence-corrected chi connectivity index (χ3v) is 5.03. The van der Waals surface area contributed by atoms with Crippen molar-refractivity contribution in [2.75, 3.05) is 6.61 Å². The molecule has 2 amide bonds. The molecule has 1 atom stereocenters. The first-order valence-electron chi connectivity index (χ1n) is 9.60. The highest BCUT2D eigenvalue weighted by molar-refractivity contribution is 14.1. The highest BCUT2D eigenvalue weighted by Crippen LogP contribution is 2.15. The fourth-order valence-corrected chi connectivity index (χ4v) is 3.07. The number of rotatable bonds is 7. The number of carbonyl (C=O) groups is 2. The van der Waals surface area contributed by atoms with Crippen molar-refractivity contribution in [3.05, 3.63) is 63.2 Å². The van der Waals surface area contributed by atoms with Gasteiger partial charge < -0.3 is 15.0 Å². The van der Waals surface area contributed by atoms with Gasteiger partial charge in [-0.3, -0.25) is 9.59 Å². The largest absolute Gasteiger partial charge is 0.484 e. The van der Waals surface area contributed by atoms with E-state index >= 15 is 0 Å². The number of halogens is 1. The number of carbonyl (C=O) groups excluding carboxylic acids is 2. The third-order valence-electron chi connectivity index (χ3n) is 4.31. The Morgan fingerprint density at radius 2 is 1.66 bits per heavy atom. The molecule has 2 aromatic rings. The monoisotopic (exact) mass is 508 g/mol. The van der Waals surface area contributed by atoms with Gasteiger partial charge in [0, 0.05) is 15.7 Å². The lowest BCUT2D eigenvalue weighted by molar-refractivity contribution is -0.142. The molecule has 0 spiro atoms. The summed E-state index contributed by atoms with van der Waals surface area (Å²) in [4.78, 5) is 27.3. The highest BCUT2D eigenvalue weighted by Gasteiger charge is 2.28. The van der Waals surface area contributed by atoms with Crippen LogP contribution < -0.4 is 10.1 Å². The van der Waals surface area contributed by atoms with Crippen LogP contribution in [0.5, 0.6) is 5.75 Å². The van der Waals surface area contributed by atoms with Gasteiger partial charge in [0.1, 0.15) is 11.8 Å². The Hall–Kier alpha value is -2.09. The van der Waals surface area contributed by atoms with E-state index in [1.54, 1.807) is 11.8 Å². The molecule has 0 saturated heterocycles. The molecule has 0 aromatic heterocycles. The molecule has 0 unspecified atom stereocenters. The Kier molecular flexibility index (Phi) is 8.07. The number of nitrogens with zero attached hydrogens (tertiary/aromatic N) is 1. The van der Waals surface area contributed by atoms with Gasteiger partial charge in [0.15, 0.2) is 6.61 Å². The van der Waals surface area contributed by atoms with Crippen LogP contribution in [0.3, 0.4) is 0 Å². The third kappa shape index (κ3) is 7.68. The molecule has 0 bridgehead atoms. The Morgan fingerprint density at radius 1 is 1.07 bits per heavy atom. The van der Waals surface area contributed by atoms with Crippen molar-refractivity contribution in [3.63, 3.8) is 0 Å². The molecule has 6 heteroatoms. The van der Waals surface area contributed by atoms with Crippen LogP contribution in [0.25, 0.3) is 0 Å². The maximum Gasteiger partial charge on any atom is 0.261 e. The minimum Gasteiger partial charge on any atom is -0.484 e. The van der Waals surface area contributed by atoms with Crippen LogP contribution >= 0.6 is 22.6 Å². The molecular formula is C23H29IN2O3. The predicted octanol–water partition coefficient (Wildman–Crippen LogP) is 4.31. The molecule has 2 aromatic carbocycles. The van der Waals surface area contributed by atoms with Gasteiger partial charge in [-0.2, -0.15) is 0 Å². The summed E-state index contributed by atoms with van der Waals surface area (Å²) >= 11 is 2.21. The first-order chi connectivity index (χ1) is 13.5. The number of benzene rings is 2. The molecule has 2 rings (SSSR count). The van der Waals surface area contributed by atoms with Crippen LogP contribution in [0.4, 0.5) is 0 Å². The Labute approximate surface area is 187 Å². The number of amides is 2. The number of aryl methyl sites for hydroxylation is 1. The van der Waals surface area contributed by atoms with Crippen molar-refractivity contribution < 1.29 is 14.3 Å². The molecule has 156 valence electrons. The summed E-state index contributed by atoms with van der Waals surface area (Å²) in [6, 6.07) is 14.8. The zero-order chi connectivity index (χ0) is 21.6. The van der Waals surface area contributed by atoms with Crippen LogP contribution in [0.1, 0.15) is 38.8 Å². The zero-order valence-corrected chi connectivity index (χ0v) is 19.8. The van der Waals surface area contributed by atoms with E-state index in [2.05, 4.69) is 27.9 Å². The first-order valence-corrected chi connectivity index (χ1v) is 10.7. The molecule has 0 heterocycles. The van der Waals surface area contributed by atoms with Crippen molar-refractivity contribution in [2.45, 2.75) is 52.7 Å². The quantitative estimate of drug-likeness (QED) is 0.568. The number of ether oxygens (including phenoxy) is 1. The molecule has 0 fully saturated rings. The Morgan fingerprint density at radius 3 is 2.21 bits per heavy atom. The lowest BCUT2D eigenvalue weighted by atomic mass is 10.1. The van der Waals surface area contributed by atoms with Crippen LogP contribution in [0, 0.1) is 10.5 Å². The zero-order valence-electron chi connectivity index (χ0n) is 17.7. The van der Waals surface area contributed by atoms with E-state index in [4.69, 9.17) is 4.74 Å². The van der Waals surface area contributed by atoms with Crippen LogP contribution in [-0.2, 0) is 16.1 Å². The van der Waals surface area contributed by atoms with Gasteiger partial charge in [-0.1, -0.05) is 29.8 Å². The minimum absolute atomic E-state index is 0.125. The predicted molar refractivity (Wildman–Crippen MR) is 124 cm³/mol. The normalized spacial score (nSPS) is 12.2. The fraction of sp³-hybridized carbons (Fsp3) is 0.391. The Balaban J connectivity index is 2.15. The van der Waals surface area contributed by atoms with Gasteiger partial charge in [0.25, 0.3) is 5.91 Å². The van der Waals surface area contributed by atoms with Gasteiger partial charge in [0.2, 0.25) is 5.91 Å². The second-order valence-electron chi connectivity index (χ2n) is 8.17. The standard InChI is InChI=1S/C23H29IN2O3/c1-16-6-8-18(9-7-16)14-26(17(2)22(28)25-23(3,4)5)21(27)15-29-20-12-10-19(24)11-13-20/h6-13,17H,14-15H2,1-5H3,(H,25,28)/t17-/m0/s1. The van der Waals surface area contributed by atoms with Gasteiger partial charge in [-0.05, 0) is 87.0 Å². The van der Waals surface area contributed by atoms with Crippen LogP contribution in [-0.4, -0.2) is 34.9 Å². The molecule has 0 aliphatic heterocycles. The average Bonchev–Trinajstić information content (AvgIpc) is 2.65. The lowest BCUT2D eigenvalue weighted by Crippen LogP contribution is -2.53. The second kappa shape index (κ2) is 10.1. The molecule has 29 heavy (non-hydrogen) atoms. The summed E-state index contributed by atoms with van der Waals surface area (Å²) in [5.74, 6) is 0.203. The summed E-state index contributed by atoms with van der Waals surface area (Å²) < 4.78 is 6.76. The molecule has 1 N–H and O–H groups in total. The van der Waals surface area contributed by atoms with Crippen molar-refractivity contribution in [3.8, 4) is 5.75 Å². The van der Waals surface area contributed by atoms with E-state index in [-0.39, 0.29) is 24.0 Å². The minimum atomic E-state index is -0.622. The summed E-state index contributed by atoms with van der Waals surface area (Å²) in [6.07, 6.45) is 0. The van der Waals surface area contributed by atoms with Crippen molar-refractivity contribution in [1.29, 1.82) is 0 Å². The second-order valence-corrected chi connectivity index (χ2v) is 9.41. The van der Waals surface area contributed by atoms with E-state index in [1.165, 1.54) is 0 Å². The van der Waals surface area contributed by atoms with E-state index in [1.807, 2.05) is 76.2 Å². The van der Waals surface area contributed by atoms with Crippen molar-refractivity contribution in [2.24, 2.45) is 0 Å². The van der Waals surface area contributed by atoms with E-state index in [0.717, 1.165) is 14.7 Å². The first kappa shape index (κ1) is 23.2. The summed E-state index contributed by atoms with van der Waals surface area (Å²) in [5.41, 5.74) is 1.74. The van der Waals surface area contributed by atoms with E-state index in [9.17, 15) is 9.59 Å². The van der Waals surface area contributed by atoms with Gasteiger partial charge in [-0.15, -0.1) is 0 Å². The molecule has 5 nitrogen and oxygen atoms in total. The number of nitrogens with one attached hydrogen (secondary N) is 1. The van der Waals surface area contributed by atoms with Crippen LogP contribution in [0.2, 0.25) is 0 Å². The number of hydrogen-bond acceptors (Lipinski definition) is 3. The number of hydrogen-bond donors (Lipinski definition) is 1. The molecule has 0 radical (unpaired) electrons. The smallest absolute Gasteiger partial charge is 0.261 e. The van der Waals surface area contributed by atoms with Crippen LogP contribution in [0.15, 0.2) is 48.5 Å². The van der Waals surface area contributed by atoms with Crippen molar-refractivity contribution in [1.82, 2.24) is 10.2 Å².